The van der Waals surface area contributed by atoms with E-state index in [1.807, 2.05) is 0 Å². The molecule has 0 N–H and O–H groups in total. The number of methoxy groups -OCH3 is 2. The van der Waals surface area contributed by atoms with Gasteiger partial charge < -0.3 is 31.5 Å². The van der Waals surface area contributed by atoms with E-state index in [2.05, 4.69) is 21.9 Å². The van der Waals surface area contributed by atoms with Gasteiger partial charge in [0.1, 0.15) is 13.1 Å². The summed E-state index contributed by atoms with van der Waals surface area (Å²) in [5, 5.41) is 0. The highest BCUT2D eigenvalue weighted by Gasteiger charge is 2.35. The molecule has 0 unspecified atom stereocenters. The quantitative estimate of drug-likeness (QED) is 0.470. The Morgan fingerprint density at radius 2 is 1.43 bits per heavy atom. The van der Waals surface area contributed by atoms with E-state index in [0.717, 1.165) is 19.6 Å². The van der Waals surface area contributed by atoms with Crippen molar-refractivity contribution in [2.45, 2.75) is 6.92 Å². The van der Waals surface area contributed by atoms with Crippen molar-refractivity contribution in [2.75, 3.05) is 47.1 Å². The van der Waals surface area contributed by atoms with Gasteiger partial charge >= 0.3 is 25.2 Å². The molecular weight excluding hydrogens is 323 g/mol. The Hall–Kier alpha value is -1.69. The van der Waals surface area contributed by atoms with Gasteiger partial charge in [0.15, 0.2) is 0 Å². The van der Waals surface area contributed by atoms with Crippen molar-refractivity contribution in [3.63, 3.8) is 0 Å². The maximum atomic E-state index is 9.75. The molecule has 1 fully saturated rings. The van der Waals surface area contributed by atoms with Gasteiger partial charge in [-0.05, 0) is 6.92 Å². The zero-order valence-electron chi connectivity index (χ0n) is 13.1. The molecule has 0 saturated carbocycles. The molecule has 0 atom stereocenters. The first-order valence-corrected chi connectivity index (χ1v) is 6.90. The van der Waals surface area contributed by atoms with Crippen LogP contribution in [-0.2, 0) is 4.74 Å². The van der Waals surface area contributed by atoms with Gasteiger partial charge in [-0.3, -0.25) is 4.48 Å². The molecule has 132 valence electrons. The van der Waals surface area contributed by atoms with Crippen LogP contribution in [0.1, 0.15) is 6.92 Å². The van der Waals surface area contributed by atoms with Crippen LogP contribution in [0.15, 0.2) is 0 Å². The standard InChI is InChI=1S/C11H19N4O3.BF4/c1-4-15(5-7-18-8-6-15)9-12-10(16-2)14-11(13-9)17-3;2-1(3,4)5/h4-8H2,1-3H3;/q+1;-1. The maximum Gasteiger partial charge on any atom is 0.673 e. The van der Waals surface area contributed by atoms with E-state index >= 15 is 0 Å². The van der Waals surface area contributed by atoms with Gasteiger partial charge in [0.2, 0.25) is 0 Å². The fraction of sp³-hybridized carbons (Fsp3) is 0.727. The summed E-state index contributed by atoms with van der Waals surface area (Å²) in [5.41, 5.74) is 0. The van der Waals surface area contributed by atoms with Crippen LogP contribution in [0.25, 0.3) is 0 Å². The molecule has 23 heavy (non-hydrogen) atoms. The fourth-order valence-electron chi connectivity index (χ4n) is 2.07. The highest BCUT2D eigenvalue weighted by atomic mass is 19.5. The summed E-state index contributed by atoms with van der Waals surface area (Å²) in [6.07, 6.45) is 0. The number of nitrogens with zero attached hydrogens (tertiary/aromatic N) is 4. The Kier molecular flexibility index (Phi) is 6.94. The number of aromatic nitrogens is 3. The lowest BCUT2D eigenvalue weighted by Crippen LogP contribution is -2.57. The second-order valence-corrected chi connectivity index (χ2v) is 4.62. The normalized spacial score (nSPS) is 17.0. The van der Waals surface area contributed by atoms with E-state index in [1.165, 1.54) is 14.2 Å². The number of halogens is 4. The van der Waals surface area contributed by atoms with Crippen molar-refractivity contribution >= 4 is 13.2 Å². The maximum absolute atomic E-state index is 9.75. The molecule has 1 saturated heterocycles. The van der Waals surface area contributed by atoms with Gasteiger partial charge in [-0.1, -0.05) is 0 Å². The molecule has 1 aromatic rings. The molecule has 1 aliphatic heterocycles. The summed E-state index contributed by atoms with van der Waals surface area (Å²) in [6.45, 7) is 6.15. The Balaban J connectivity index is 0.000000463. The molecule has 0 aliphatic carbocycles. The molecule has 12 heteroatoms. The second kappa shape index (κ2) is 8.25. The molecule has 2 rings (SSSR count). The van der Waals surface area contributed by atoms with Gasteiger partial charge in [-0.25, -0.2) is 0 Å². The van der Waals surface area contributed by atoms with Gasteiger partial charge in [-0.2, -0.15) is 0 Å². The first kappa shape index (κ1) is 19.4. The molecule has 2 heterocycles. The van der Waals surface area contributed by atoms with Crippen molar-refractivity contribution < 1.29 is 31.5 Å². The van der Waals surface area contributed by atoms with Crippen LogP contribution >= 0.6 is 0 Å². The van der Waals surface area contributed by atoms with Crippen molar-refractivity contribution in [1.82, 2.24) is 19.4 Å². The van der Waals surface area contributed by atoms with Gasteiger partial charge in [0.05, 0.1) is 34.0 Å². The van der Waals surface area contributed by atoms with Gasteiger partial charge in [0, 0.05) is 0 Å². The molecule has 1 aliphatic rings. The third-order valence-electron chi connectivity index (χ3n) is 3.30. The minimum absolute atomic E-state index is 0.286. The SMILES string of the molecule is CC[N+]1(c2nc(OC)nc(OC)n2)CCOCC1.F[B-](F)(F)F. The van der Waals surface area contributed by atoms with Gasteiger partial charge in [0.25, 0.3) is 0 Å². The van der Waals surface area contributed by atoms with E-state index in [1.54, 1.807) is 0 Å². The molecule has 0 radical (unpaired) electrons. The van der Waals surface area contributed by atoms with Crippen LogP contribution in [-0.4, -0.2) is 69.3 Å². The summed E-state index contributed by atoms with van der Waals surface area (Å²) in [7, 11) is -2.93. The predicted molar refractivity (Wildman–Crippen MR) is 76.0 cm³/mol. The third-order valence-corrected chi connectivity index (χ3v) is 3.30. The van der Waals surface area contributed by atoms with E-state index in [4.69, 9.17) is 14.2 Å². The Morgan fingerprint density at radius 1 is 1.00 bits per heavy atom. The predicted octanol–water partition coefficient (Wildman–Crippen LogP) is 1.55. The van der Waals surface area contributed by atoms with E-state index in [-0.39, 0.29) is 12.0 Å². The summed E-state index contributed by atoms with van der Waals surface area (Å²) in [4.78, 5) is 12.7. The largest absolute Gasteiger partial charge is 0.673 e. The van der Waals surface area contributed by atoms with Crippen LogP contribution in [0, 0.1) is 0 Å². The summed E-state index contributed by atoms with van der Waals surface area (Å²) >= 11 is 0. The van der Waals surface area contributed by atoms with Crippen LogP contribution in [0.2, 0.25) is 0 Å². The number of quaternary nitrogens is 1. The van der Waals surface area contributed by atoms with Crippen molar-refractivity contribution in [2.24, 2.45) is 0 Å². The van der Waals surface area contributed by atoms with Crippen LogP contribution in [0.4, 0.5) is 23.2 Å². The summed E-state index contributed by atoms with van der Waals surface area (Å²) < 4.78 is 55.3. The number of likely N-dealkylation sites (N-methyl/N-ethyl adjacent to an activating group) is 1. The molecule has 0 spiro atoms. The minimum atomic E-state index is -6.00. The molecule has 7 nitrogen and oxygen atoms in total. The van der Waals surface area contributed by atoms with Crippen LogP contribution in [0.5, 0.6) is 12.0 Å². The van der Waals surface area contributed by atoms with E-state index < -0.39 is 7.25 Å². The molecule has 0 bridgehead atoms. The number of ether oxygens (including phenoxy) is 3. The fourth-order valence-corrected chi connectivity index (χ4v) is 2.07. The first-order valence-electron chi connectivity index (χ1n) is 6.90. The molecule has 0 amide bonds. The highest BCUT2D eigenvalue weighted by molar-refractivity contribution is 6.50. The second-order valence-electron chi connectivity index (χ2n) is 4.62. The Morgan fingerprint density at radius 3 is 1.78 bits per heavy atom. The third kappa shape index (κ3) is 6.14. The number of hydrogen-bond donors (Lipinski definition) is 0. The number of hydrogen-bond acceptors (Lipinski definition) is 6. The number of morpholine rings is 1. The lowest BCUT2D eigenvalue weighted by Gasteiger charge is -2.37. The Bertz CT molecular complexity index is 472. The van der Waals surface area contributed by atoms with Crippen molar-refractivity contribution in [3.05, 3.63) is 0 Å². The summed E-state index contributed by atoms with van der Waals surface area (Å²) in [5.74, 6) is 0.685. The van der Waals surface area contributed by atoms with Gasteiger partial charge in [-0.15, -0.1) is 15.0 Å². The average molecular weight is 342 g/mol. The summed E-state index contributed by atoms with van der Waals surface area (Å²) in [6, 6.07) is 0.573. The zero-order chi connectivity index (χ0) is 17.5. The lowest BCUT2D eigenvalue weighted by molar-refractivity contribution is 0.0392. The lowest BCUT2D eigenvalue weighted by atomic mass is 10.3. The zero-order valence-corrected chi connectivity index (χ0v) is 13.1. The van der Waals surface area contributed by atoms with E-state index in [9.17, 15) is 17.3 Å². The minimum Gasteiger partial charge on any atom is -0.466 e. The topological polar surface area (TPSA) is 66.4 Å². The molecule has 0 aromatic carbocycles. The van der Waals surface area contributed by atoms with Crippen LogP contribution < -0.4 is 14.0 Å². The smallest absolute Gasteiger partial charge is 0.466 e. The van der Waals surface area contributed by atoms with Crippen LogP contribution in [0.3, 0.4) is 0 Å². The monoisotopic (exact) mass is 342 g/mol. The Labute approximate surface area is 131 Å². The van der Waals surface area contributed by atoms with E-state index in [0.29, 0.717) is 23.6 Å². The highest BCUT2D eigenvalue weighted by Crippen LogP contribution is 2.24. The number of rotatable bonds is 4. The van der Waals surface area contributed by atoms with Crippen molar-refractivity contribution in [1.29, 1.82) is 0 Å². The molecular formula is C11H19BF4N4O3. The average Bonchev–Trinajstić information content (AvgIpc) is 2.53. The first-order chi connectivity index (χ1) is 10.7. The van der Waals surface area contributed by atoms with Crippen molar-refractivity contribution in [3.8, 4) is 12.0 Å². The molecule has 1 aromatic heterocycles.